The van der Waals surface area contributed by atoms with Gasteiger partial charge in [-0.3, -0.25) is 4.79 Å². The van der Waals surface area contributed by atoms with E-state index in [0.717, 1.165) is 37.4 Å². The zero-order valence-electron chi connectivity index (χ0n) is 15.4. The van der Waals surface area contributed by atoms with Gasteiger partial charge in [0.15, 0.2) is 6.61 Å². The molecule has 2 aromatic rings. The van der Waals surface area contributed by atoms with Gasteiger partial charge in [0, 0.05) is 18.8 Å². The van der Waals surface area contributed by atoms with Gasteiger partial charge in [0.2, 0.25) is 0 Å². The number of nitrogens with zero attached hydrogens (tertiary/aromatic N) is 1. The molecule has 0 radical (unpaired) electrons. The molecule has 5 nitrogen and oxygen atoms in total. The van der Waals surface area contributed by atoms with Crippen LogP contribution in [0.3, 0.4) is 0 Å². The highest BCUT2D eigenvalue weighted by Gasteiger charge is 2.13. The molecule has 1 aliphatic rings. The van der Waals surface area contributed by atoms with Gasteiger partial charge in [-0.25, -0.2) is 0 Å². The average Bonchev–Trinajstić information content (AvgIpc) is 2.67. The monoisotopic (exact) mass is 354 g/mol. The summed E-state index contributed by atoms with van der Waals surface area (Å²) in [5.41, 5.74) is 3.38. The highest BCUT2D eigenvalue weighted by atomic mass is 16.5. The molecule has 0 aliphatic carbocycles. The number of hydrogen-bond acceptors (Lipinski definition) is 4. The Morgan fingerprint density at radius 3 is 2.62 bits per heavy atom. The summed E-state index contributed by atoms with van der Waals surface area (Å²) in [6.45, 7) is 7.37. The number of nitrogens with one attached hydrogen (secondary N) is 1. The minimum Gasteiger partial charge on any atom is -0.484 e. The number of benzene rings is 2. The Morgan fingerprint density at radius 2 is 1.92 bits per heavy atom. The summed E-state index contributed by atoms with van der Waals surface area (Å²) in [6.07, 6.45) is 0. The van der Waals surface area contributed by atoms with E-state index in [1.165, 1.54) is 5.69 Å². The lowest BCUT2D eigenvalue weighted by Gasteiger charge is -2.29. The van der Waals surface area contributed by atoms with Crippen molar-refractivity contribution in [3.8, 4) is 5.75 Å². The van der Waals surface area contributed by atoms with Crippen molar-refractivity contribution in [2.45, 2.75) is 19.9 Å². The second-order valence-electron chi connectivity index (χ2n) is 6.59. The number of carbonyl (C=O) groups excluding carboxylic acids is 1. The van der Waals surface area contributed by atoms with Crippen LogP contribution in [-0.2, 0) is 9.53 Å². The van der Waals surface area contributed by atoms with Crippen molar-refractivity contribution in [1.29, 1.82) is 0 Å². The molecule has 5 heteroatoms. The minimum absolute atomic E-state index is 0.0135. The first kappa shape index (κ1) is 18.3. The van der Waals surface area contributed by atoms with Crippen LogP contribution in [0.5, 0.6) is 5.75 Å². The van der Waals surface area contributed by atoms with Gasteiger partial charge in [0.05, 0.1) is 19.3 Å². The summed E-state index contributed by atoms with van der Waals surface area (Å²) in [5.74, 6) is 0.582. The number of ether oxygens (including phenoxy) is 2. The molecular weight excluding hydrogens is 328 g/mol. The van der Waals surface area contributed by atoms with Crippen molar-refractivity contribution in [3.05, 3.63) is 59.7 Å². The SMILES string of the molecule is Cc1cccc(OCC(=O)N[C@@H](C)c2ccc(N3CCOCC3)cc2)c1. The lowest BCUT2D eigenvalue weighted by atomic mass is 10.1. The van der Waals surface area contributed by atoms with Crippen LogP contribution in [0.1, 0.15) is 24.1 Å². The van der Waals surface area contributed by atoms with E-state index >= 15 is 0 Å². The summed E-state index contributed by atoms with van der Waals surface area (Å²) in [4.78, 5) is 14.5. The van der Waals surface area contributed by atoms with Crippen LogP contribution >= 0.6 is 0 Å². The first-order valence-electron chi connectivity index (χ1n) is 9.03. The summed E-state index contributed by atoms with van der Waals surface area (Å²) in [7, 11) is 0. The number of amides is 1. The van der Waals surface area contributed by atoms with Crippen molar-refractivity contribution in [3.63, 3.8) is 0 Å². The number of morpholine rings is 1. The van der Waals surface area contributed by atoms with E-state index in [1.54, 1.807) is 0 Å². The highest BCUT2D eigenvalue weighted by molar-refractivity contribution is 5.78. The fraction of sp³-hybridized carbons (Fsp3) is 0.381. The summed E-state index contributed by atoms with van der Waals surface area (Å²) in [6, 6.07) is 16.0. The van der Waals surface area contributed by atoms with Gasteiger partial charge >= 0.3 is 0 Å². The fourth-order valence-electron chi connectivity index (χ4n) is 3.02. The molecule has 0 spiro atoms. The third-order valence-electron chi connectivity index (χ3n) is 4.51. The van der Waals surface area contributed by atoms with Gasteiger partial charge < -0.3 is 19.7 Å². The first-order chi connectivity index (χ1) is 12.6. The van der Waals surface area contributed by atoms with Crippen molar-refractivity contribution in [2.24, 2.45) is 0 Å². The summed E-state index contributed by atoms with van der Waals surface area (Å²) >= 11 is 0. The molecule has 0 unspecified atom stereocenters. The topological polar surface area (TPSA) is 50.8 Å². The molecule has 1 N–H and O–H groups in total. The van der Waals surface area contributed by atoms with Crippen LogP contribution in [0.15, 0.2) is 48.5 Å². The van der Waals surface area contributed by atoms with Gasteiger partial charge in [-0.05, 0) is 49.2 Å². The molecule has 26 heavy (non-hydrogen) atoms. The molecule has 1 amide bonds. The largest absolute Gasteiger partial charge is 0.484 e. The molecule has 1 fully saturated rings. The highest BCUT2D eigenvalue weighted by Crippen LogP contribution is 2.20. The molecule has 138 valence electrons. The van der Waals surface area contributed by atoms with Crippen molar-refractivity contribution in [1.82, 2.24) is 5.32 Å². The molecule has 1 heterocycles. The molecule has 0 saturated carbocycles. The molecule has 2 aromatic carbocycles. The van der Waals surface area contributed by atoms with E-state index in [1.807, 2.05) is 38.1 Å². The standard InChI is InChI=1S/C21H26N2O3/c1-16-4-3-5-20(14-16)26-15-21(24)22-17(2)18-6-8-19(9-7-18)23-10-12-25-13-11-23/h3-9,14,17H,10-13,15H2,1-2H3,(H,22,24)/t17-/m0/s1. The molecule has 0 aromatic heterocycles. The predicted octanol–water partition coefficient (Wildman–Crippen LogP) is 3.09. The van der Waals surface area contributed by atoms with Crippen molar-refractivity contribution < 1.29 is 14.3 Å². The Kier molecular flexibility index (Phi) is 6.12. The number of hydrogen-bond donors (Lipinski definition) is 1. The van der Waals surface area contributed by atoms with Crippen molar-refractivity contribution in [2.75, 3.05) is 37.8 Å². The van der Waals surface area contributed by atoms with Gasteiger partial charge in [-0.1, -0.05) is 24.3 Å². The summed E-state index contributed by atoms with van der Waals surface area (Å²) in [5, 5.41) is 2.98. The van der Waals surface area contributed by atoms with Gasteiger partial charge in [-0.15, -0.1) is 0 Å². The van der Waals surface area contributed by atoms with E-state index in [-0.39, 0.29) is 18.6 Å². The Bertz CT molecular complexity index is 724. The molecule has 1 saturated heterocycles. The number of rotatable bonds is 6. The lowest BCUT2D eigenvalue weighted by Crippen LogP contribution is -2.36. The quantitative estimate of drug-likeness (QED) is 0.866. The van der Waals surface area contributed by atoms with Crippen LogP contribution in [0.25, 0.3) is 0 Å². The van der Waals surface area contributed by atoms with Crippen LogP contribution in [0.4, 0.5) is 5.69 Å². The Morgan fingerprint density at radius 1 is 1.19 bits per heavy atom. The molecule has 1 aliphatic heterocycles. The first-order valence-corrected chi connectivity index (χ1v) is 9.03. The van der Waals surface area contributed by atoms with E-state index in [0.29, 0.717) is 5.75 Å². The third kappa shape index (κ3) is 4.99. The predicted molar refractivity (Wildman–Crippen MR) is 103 cm³/mol. The number of anilines is 1. The van der Waals surface area contributed by atoms with Gasteiger partial charge in [0.1, 0.15) is 5.75 Å². The number of carbonyl (C=O) groups is 1. The van der Waals surface area contributed by atoms with E-state index < -0.39 is 0 Å². The maximum absolute atomic E-state index is 12.1. The van der Waals surface area contributed by atoms with E-state index in [4.69, 9.17) is 9.47 Å². The van der Waals surface area contributed by atoms with Crippen LogP contribution in [0.2, 0.25) is 0 Å². The second-order valence-corrected chi connectivity index (χ2v) is 6.59. The zero-order chi connectivity index (χ0) is 18.4. The maximum Gasteiger partial charge on any atom is 0.258 e. The Hall–Kier alpha value is -2.53. The Balaban J connectivity index is 1.50. The normalized spacial score (nSPS) is 15.4. The van der Waals surface area contributed by atoms with Gasteiger partial charge in [0.25, 0.3) is 5.91 Å². The fourth-order valence-corrected chi connectivity index (χ4v) is 3.02. The maximum atomic E-state index is 12.1. The lowest BCUT2D eigenvalue weighted by molar-refractivity contribution is -0.123. The zero-order valence-corrected chi connectivity index (χ0v) is 15.4. The van der Waals surface area contributed by atoms with Crippen molar-refractivity contribution >= 4 is 11.6 Å². The smallest absolute Gasteiger partial charge is 0.258 e. The van der Waals surface area contributed by atoms with Crippen LogP contribution in [0, 0.1) is 6.92 Å². The van der Waals surface area contributed by atoms with Gasteiger partial charge in [-0.2, -0.15) is 0 Å². The third-order valence-corrected chi connectivity index (χ3v) is 4.51. The second kappa shape index (κ2) is 8.72. The minimum atomic E-state index is -0.128. The molecular formula is C21H26N2O3. The average molecular weight is 354 g/mol. The van der Waals surface area contributed by atoms with Crippen LogP contribution < -0.4 is 15.0 Å². The van der Waals surface area contributed by atoms with Crippen LogP contribution in [-0.4, -0.2) is 38.8 Å². The Labute approximate surface area is 154 Å². The molecule has 3 rings (SSSR count). The number of aryl methyl sites for hydroxylation is 1. The van der Waals surface area contributed by atoms with E-state index in [9.17, 15) is 4.79 Å². The van der Waals surface area contributed by atoms with E-state index in [2.05, 4.69) is 34.5 Å². The molecule has 1 atom stereocenters. The summed E-state index contributed by atoms with van der Waals surface area (Å²) < 4.78 is 10.9. The molecule has 0 bridgehead atoms.